The molecular formula is C14H15NO3. The summed E-state index contributed by atoms with van der Waals surface area (Å²) in [6, 6.07) is 9.68. The number of ether oxygens (including phenoxy) is 2. The second-order valence-corrected chi connectivity index (χ2v) is 4.57. The van der Waals surface area contributed by atoms with Crippen molar-refractivity contribution in [2.24, 2.45) is 0 Å². The highest BCUT2D eigenvalue weighted by molar-refractivity contribution is 5.68. The van der Waals surface area contributed by atoms with Gasteiger partial charge in [-0.3, -0.25) is 0 Å². The molecule has 1 amide bonds. The minimum Gasteiger partial charge on any atom is -0.445 e. The van der Waals surface area contributed by atoms with Gasteiger partial charge in [0.15, 0.2) is 0 Å². The van der Waals surface area contributed by atoms with Crippen LogP contribution in [0, 0.1) is 0 Å². The largest absolute Gasteiger partial charge is 0.445 e. The number of fused-ring (bicyclic) bond motifs is 2. The Morgan fingerprint density at radius 1 is 1.33 bits per heavy atom. The van der Waals surface area contributed by atoms with E-state index in [4.69, 9.17) is 9.47 Å². The van der Waals surface area contributed by atoms with Crippen LogP contribution in [0.4, 0.5) is 4.79 Å². The van der Waals surface area contributed by atoms with Gasteiger partial charge in [-0.05, 0) is 5.56 Å². The molecule has 3 atom stereocenters. The van der Waals surface area contributed by atoms with Gasteiger partial charge in [0.2, 0.25) is 0 Å². The lowest BCUT2D eigenvalue weighted by Gasteiger charge is -2.17. The molecule has 1 aromatic carbocycles. The summed E-state index contributed by atoms with van der Waals surface area (Å²) in [5, 5.41) is 2.84. The summed E-state index contributed by atoms with van der Waals surface area (Å²) in [5.41, 5.74) is 0.983. The van der Waals surface area contributed by atoms with E-state index < -0.39 is 0 Å². The van der Waals surface area contributed by atoms with Crippen molar-refractivity contribution in [1.29, 1.82) is 0 Å². The maximum atomic E-state index is 11.6. The first-order valence-electron chi connectivity index (χ1n) is 6.12. The fraction of sp³-hybridized carbons (Fsp3) is 0.357. The van der Waals surface area contributed by atoms with Crippen molar-refractivity contribution in [2.45, 2.75) is 31.3 Å². The molecule has 2 aliphatic rings. The second kappa shape index (κ2) is 4.82. The Kier molecular flexibility index (Phi) is 3.02. The Labute approximate surface area is 106 Å². The zero-order valence-electron chi connectivity index (χ0n) is 9.91. The maximum Gasteiger partial charge on any atom is 0.407 e. The summed E-state index contributed by atoms with van der Waals surface area (Å²) in [6.07, 6.45) is 4.66. The molecule has 2 aliphatic heterocycles. The van der Waals surface area contributed by atoms with Crippen LogP contribution < -0.4 is 5.32 Å². The number of hydrogen-bond donors (Lipinski definition) is 1. The van der Waals surface area contributed by atoms with Crippen LogP contribution in [-0.4, -0.2) is 24.3 Å². The molecule has 2 heterocycles. The molecule has 0 spiro atoms. The summed E-state index contributed by atoms with van der Waals surface area (Å²) in [4.78, 5) is 11.6. The van der Waals surface area contributed by atoms with Crippen LogP contribution in [-0.2, 0) is 16.1 Å². The van der Waals surface area contributed by atoms with E-state index in [1.807, 2.05) is 42.5 Å². The Balaban J connectivity index is 1.47. The Bertz CT molecular complexity index is 457. The predicted molar refractivity (Wildman–Crippen MR) is 66.0 cm³/mol. The van der Waals surface area contributed by atoms with E-state index in [1.165, 1.54) is 0 Å². The van der Waals surface area contributed by atoms with Gasteiger partial charge in [-0.15, -0.1) is 0 Å². The second-order valence-electron chi connectivity index (χ2n) is 4.57. The Morgan fingerprint density at radius 3 is 2.83 bits per heavy atom. The highest BCUT2D eigenvalue weighted by atomic mass is 16.6. The molecule has 0 saturated carbocycles. The zero-order chi connectivity index (χ0) is 12.4. The van der Waals surface area contributed by atoms with E-state index >= 15 is 0 Å². The van der Waals surface area contributed by atoms with Crippen molar-refractivity contribution in [3.63, 3.8) is 0 Å². The molecular weight excluding hydrogens is 230 g/mol. The average Bonchev–Trinajstić information content (AvgIpc) is 3.00. The molecule has 1 N–H and O–H groups in total. The first-order chi connectivity index (χ1) is 8.81. The third-order valence-electron chi connectivity index (χ3n) is 3.25. The van der Waals surface area contributed by atoms with Crippen LogP contribution >= 0.6 is 0 Å². The lowest BCUT2D eigenvalue weighted by Crippen LogP contribution is -2.40. The number of carbonyl (C=O) groups excluding carboxylic acids is 1. The molecule has 3 unspecified atom stereocenters. The molecule has 0 aromatic heterocycles. The number of amides is 1. The summed E-state index contributed by atoms with van der Waals surface area (Å²) >= 11 is 0. The van der Waals surface area contributed by atoms with E-state index in [-0.39, 0.29) is 24.3 Å². The molecule has 3 rings (SSSR count). The zero-order valence-corrected chi connectivity index (χ0v) is 9.91. The standard InChI is InChI=1S/C14H15NO3/c16-14(17-9-10-4-2-1-3-5-10)15-12-8-11-6-7-13(12)18-11/h1-7,11-13H,8-9H2,(H,15,16). The topological polar surface area (TPSA) is 47.6 Å². The molecule has 18 heavy (non-hydrogen) atoms. The van der Waals surface area contributed by atoms with Gasteiger partial charge in [0, 0.05) is 6.42 Å². The minimum absolute atomic E-state index is 0.0132. The highest BCUT2D eigenvalue weighted by Gasteiger charge is 2.37. The quantitative estimate of drug-likeness (QED) is 0.829. The van der Waals surface area contributed by atoms with Crippen molar-refractivity contribution in [3.8, 4) is 0 Å². The fourth-order valence-corrected chi connectivity index (χ4v) is 2.33. The number of carbonyl (C=O) groups is 1. The van der Waals surface area contributed by atoms with Gasteiger partial charge >= 0.3 is 6.09 Å². The van der Waals surface area contributed by atoms with E-state index in [0.717, 1.165) is 12.0 Å². The lowest BCUT2D eigenvalue weighted by molar-refractivity contribution is 0.106. The molecule has 1 saturated heterocycles. The molecule has 0 radical (unpaired) electrons. The predicted octanol–water partition coefficient (Wildman–Crippen LogP) is 2.01. The number of rotatable bonds is 3. The number of hydrogen-bond acceptors (Lipinski definition) is 3. The summed E-state index contributed by atoms with van der Waals surface area (Å²) in [7, 11) is 0. The highest BCUT2D eigenvalue weighted by Crippen LogP contribution is 2.28. The maximum absolute atomic E-state index is 11.6. The van der Waals surface area contributed by atoms with E-state index in [0.29, 0.717) is 6.61 Å². The SMILES string of the molecule is O=C(NC1CC2C=CC1O2)OCc1ccccc1. The van der Waals surface area contributed by atoms with Gasteiger partial charge in [-0.2, -0.15) is 0 Å². The molecule has 4 nitrogen and oxygen atoms in total. The van der Waals surface area contributed by atoms with E-state index in [2.05, 4.69) is 5.32 Å². The van der Waals surface area contributed by atoms with Crippen molar-refractivity contribution in [2.75, 3.05) is 0 Å². The van der Waals surface area contributed by atoms with Crippen LogP contribution in [0.3, 0.4) is 0 Å². The molecule has 2 bridgehead atoms. The minimum atomic E-state index is -0.381. The number of benzene rings is 1. The van der Waals surface area contributed by atoms with Crippen LogP contribution in [0.15, 0.2) is 42.5 Å². The van der Waals surface area contributed by atoms with Gasteiger partial charge in [0.25, 0.3) is 0 Å². The smallest absolute Gasteiger partial charge is 0.407 e. The third kappa shape index (κ3) is 2.38. The lowest BCUT2D eigenvalue weighted by atomic mass is 10.0. The first kappa shape index (κ1) is 11.3. The van der Waals surface area contributed by atoms with E-state index in [9.17, 15) is 4.79 Å². The molecule has 4 heteroatoms. The molecule has 94 valence electrons. The summed E-state index contributed by atoms with van der Waals surface area (Å²) in [5.74, 6) is 0. The third-order valence-corrected chi connectivity index (χ3v) is 3.25. The van der Waals surface area contributed by atoms with Gasteiger partial charge in [-0.25, -0.2) is 4.79 Å². The van der Waals surface area contributed by atoms with Gasteiger partial charge in [0.05, 0.1) is 18.2 Å². The van der Waals surface area contributed by atoms with Gasteiger partial charge in [0.1, 0.15) is 6.61 Å². The molecule has 1 fully saturated rings. The Morgan fingerprint density at radius 2 is 2.17 bits per heavy atom. The number of nitrogens with one attached hydrogen (secondary N) is 1. The van der Waals surface area contributed by atoms with Crippen molar-refractivity contribution < 1.29 is 14.3 Å². The van der Waals surface area contributed by atoms with Crippen LogP contribution in [0.25, 0.3) is 0 Å². The Hall–Kier alpha value is -1.81. The summed E-state index contributed by atoms with van der Waals surface area (Å²) < 4.78 is 10.7. The molecule has 0 aliphatic carbocycles. The van der Waals surface area contributed by atoms with Crippen molar-refractivity contribution in [1.82, 2.24) is 5.32 Å². The monoisotopic (exact) mass is 245 g/mol. The summed E-state index contributed by atoms with van der Waals surface area (Å²) in [6.45, 7) is 0.296. The van der Waals surface area contributed by atoms with Crippen LogP contribution in [0.1, 0.15) is 12.0 Å². The number of alkyl carbamates (subject to hydrolysis) is 1. The van der Waals surface area contributed by atoms with Gasteiger partial charge < -0.3 is 14.8 Å². The van der Waals surface area contributed by atoms with Crippen LogP contribution in [0.2, 0.25) is 0 Å². The average molecular weight is 245 g/mol. The van der Waals surface area contributed by atoms with Crippen molar-refractivity contribution >= 4 is 6.09 Å². The van der Waals surface area contributed by atoms with Crippen LogP contribution in [0.5, 0.6) is 0 Å². The fourth-order valence-electron chi connectivity index (χ4n) is 2.33. The first-order valence-corrected chi connectivity index (χ1v) is 6.12. The molecule has 1 aromatic rings. The van der Waals surface area contributed by atoms with Gasteiger partial charge in [-0.1, -0.05) is 42.5 Å². The van der Waals surface area contributed by atoms with E-state index in [1.54, 1.807) is 0 Å². The normalized spacial score (nSPS) is 28.3. The van der Waals surface area contributed by atoms with Crippen molar-refractivity contribution in [3.05, 3.63) is 48.0 Å².